The van der Waals surface area contributed by atoms with E-state index in [4.69, 9.17) is 14.2 Å². The quantitative estimate of drug-likeness (QED) is 0.549. The van der Waals surface area contributed by atoms with Gasteiger partial charge in [-0.25, -0.2) is 0 Å². The third-order valence-corrected chi connectivity index (χ3v) is 2.34. The van der Waals surface area contributed by atoms with E-state index >= 15 is 0 Å². The Hall–Kier alpha value is -1.32. The Labute approximate surface area is 90.3 Å². The second kappa shape index (κ2) is 4.96. The van der Waals surface area contributed by atoms with Crippen molar-refractivity contribution in [2.45, 2.75) is 5.79 Å². The van der Waals surface area contributed by atoms with Gasteiger partial charge in [-0.15, -0.1) is 0 Å². The molecule has 0 aliphatic carbocycles. The highest BCUT2D eigenvalue weighted by Gasteiger charge is 2.36. The fourth-order valence-corrected chi connectivity index (χ4v) is 1.50. The van der Waals surface area contributed by atoms with Crippen LogP contribution in [-0.2, 0) is 20.0 Å². The molecule has 0 N–H and O–H groups in total. The summed E-state index contributed by atoms with van der Waals surface area (Å²) in [6.45, 7) is 3.79. The summed E-state index contributed by atoms with van der Waals surface area (Å²) in [6, 6.07) is 9.54. The molecule has 0 aliphatic heterocycles. The Morgan fingerprint density at radius 1 is 1.07 bits per heavy atom. The van der Waals surface area contributed by atoms with Crippen molar-refractivity contribution in [1.29, 1.82) is 0 Å². The largest absolute Gasteiger partial charge is 0.496 e. The summed E-state index contributed by atoms with van der Waals surface area (Å²) >= 11 is 0. The van der Waals surface area contributed by atoms with E-state index in [0.29, 0.717) is 5.76 Å². The first-order valence-corrected chi connectivity index (χ1v) is 4.60. The first-order valence-electron chi connectivity index (χ1n) is 4.60. The molecule has 0 atom stereocenters. The van der Waals surface area contributed by atoms with Crippen LogP contribution in [0.1, 0.15) is 5.56 Å². The van der Waals surface area contributed by atoms with Gasteiger partial charge in [0.1, 0.15) is 0 Å². The van der Waals surface area contributed by atoms with Gasteiger partial charge >= 0.3 is 0 Å². The van der Waals surface area contributed by atoms with E-state index in [-0.39, 0.29) is 0 Å². The molecule has 0 fully saturated rings. The summed E-state index contributed by atoms with van der Waals surface area (Å²) in [5.41, 5.74) is 0.849. The number of hydrogen-bond donors (Lipinski definition) is 0. The first-order chi connectivity index (χ1) is 7.21. The topological polar surface area (TPSA) is 27.7 Å². The van der Waals surface area contributed by atoms with Crippen LogP contribution in [-0.4, -0.2) is 21.3 Å². The lowest BCUT2D eigenvalue weighted by molar-refractivity contribution is -0.208. The van der Waals surface area contributed by atoms with Gasteiger partial charge in [0.15, 0.2) is 5.76 Å². The van der Waals surface area contributed by atoms with Crippen LogP contribution in [0.2, 0.25) is 0 Å². The van der Waals surface area contributed by atoms with Crippen molar-refractivity contribution in [3.8, 4) is 0 Å². The van der Waals surface area contributed by atoms with Crippen LogP contribution in [0.15, 0.2) is 42.7 Å². The van der Waals surface area contributed by atoms with Gasteiger partial charge in [0.05, 0.1) is 7.11 Å². The molecule has 0 saturated carbocycles. The fourth-order valence-electron chi connectivity index (χ4n) is 1.50. The molecule has 3 heteroatoms. The monoisotopic (exact) mass is 208 g/mol. The predicted octanol–water partition coefficient (Wildman–Crippen LogP) is 2.29. The standard InChI is InChI=1S/C12H16O3/c1-10(13-2)12(14-3,15-4)11-8-6-5-7-9-11/h5-9H,1H2,2-4H3. The molecule has 1 rings (SSSR count). The summed E-state index contributed by atoms with van der Waals surface area (Å²) in [6.07, 6.45) is 0. The lowest BCUT2D eigenvalue weighted by Gasteiger charge is -2.31. The van der Waals surface area contributed by atoms with Gasteiger partial charge in [-0.3, -0.25) is 0 Å². The summed E-state index contributed by atoms with van der Waals surface area (Å²) < 4.78 is 15.9. The molecule has 15 heavy (non-hydrogen) atoms. The maximum atomic E-state index is 5.38. The number of rotatable bonds is 5. The SMILES string of the molecule is C=C(OC)C(OC)(OC)c1ccccc1. The molecule has 1 aromatic carbocycles. The molecule has 0 unspecified atom stereocenters. The zero-order valence-corrected chi connectivity index (χ0v) is 9.32. The molecule has 0 heterocycles. The van der Waals surface area contributed by atoms with Crippen LogP contribution in [0.3, 0.4) is 0 Å². The van der Waals surface area contributed by atoms with Crippen molar-refractivity contribution < 1.29 is 14.2 Å². The number of benzene rings is 1. The smallest absolute Gasteiger partial charge is 0.254 e. The van der Waals surface area contributed by atoms with Crippen LogP contribution in [0.25, 0.3) is 0 Å². The van der Waals surface area contributed by atoms with Gasteiger partial charge in [-0.05, 0) is 0 Å². The first kappa shape index (κ1) is 11.8. The zero-order valence-electron chi connectivity index (χ0n) is 9.32. The minimum atomic E-state index is -1.03. The highest BCUT2D eigenvalue weighted by atomic mass is 16.7. The molecule has 1 aromatic rings. The van der Waals surface area contributed by atoms with Crippen molar-refractivity contribution in [2.24, 2.45) is 0 Å². The molecule has 0 radical (unpaired) electrons. The Morgan fingerprint density at radius 3 is 2.00 bits per heavy atom. The average Bonchev–Trinajstić information content (AvgIpc) is 2.32. The van der Waals surface area contributed by atoms with E-state index in [2.05, 4.69) is 6.58 Å². The van der Waals surface area contributed by atoms with E-state index in [9.17, 15) is 0 Å². The Morgan fingerprint density at radius 2 is 1.60 bits per heavy atom. The average molecular weight is 208 g/mol. The molecule has 0 spiro atoms. The van der Waals surface area contributed by atoms with Crippen molar-refractivity contribution in [2.75, 3.05) is 21.3 Å². The number of ether oxygens (including phenoxy) is 3. The van der Waals surface area contributed by atoms with Gasteiger partial charge in [-0.2, -0.15) is 0 Å². The molecule has 0 bridgehead atoms. The summed E-state index contributed by atoms with van der Waals surface area (Å²) in [4.78, 5) is 0. The Kier molecular flexibility index (Phi) is 3.88. The van der Waals surface area contributed by atoms with E-state index in [1.165, 1.54) is 7.11 Å². The van der Waals surface area contributed by atoms with Crippen LogP contribution in [0.5, 0.6) is 0 Å². The maximum absolute atomic E-state index is 5.38. The third kappa shape index (κ3) is 2.03. The highest BCUT2D eigenvalue weighted by Crippen LogP contribution is 2.32. The van der Waals surface area contributed by atoms with Crippen LogP contribution >= 0.6 is 0 Å². The summed E-state index contributed by atoms with van der Waals surface area (Å²) in [5, 5.41) is 0. The van der Waals surface area contributed by atoms with Gasteiger partial charge in [-0.1, -0.05) is 36.9 Å². The normalized spacial score (nSPS) is 11.1. The van der Waals surface area contributed by atoms with Crippen LogP contribution in [0.4, 0.5) is 0 Å². The van der Waals surface area contributed by atoms with Gasteiger partial charge in [0.2, 0.25) is 0 Å². The highest BCUT2D eigenvalue weighted by molar-refractivity contribution is 5.26. The van der Waals surface area contributed by atoms with Gasteiger partial charge in [0, 0.05) is 19.8 Å². The fraction of sp³-hybridized carbons (Fsp3) is 0.333. The number of methoxy groups -OCH3 is 3. The van der Waals surface area contributed by atoms with Gasteiger partial charge in [0.25, 0.3) is 5.79 Å². The van der Waals surface area contributed by atoms with E-state index in [1.54, 1.807) is 14.2 Å². The molecule has 0 saturated heterocycles. The van der Waals surface area contributed by atoms with Crippen molar-refractivity contribution >= 4 is 0 Å². The molecule has 0 aliphatic rings. The second-order valence-corrected chi connectivity index (χ2v) is 3.02. The van der Waals surface area contributed by atoms with Crippen molar-refractivity contribution in [3.63, 3.8) is 0 Å². The van der Waals surface area contributed by atoms with Gasteiger partial charge < -0.3 is 14.2 Å². The van der Waals surface area contributed by atoms with E-state index in [1.807, 2.05) is 30.3 Å². The van der Waals surface area contributed by atoms with E-state index < -0.39 is 5.79 Å². The van der Waals surface area contributed by atoms with E-state index in [0.717, 1.165) is 5.56 Å². The van der Waals surface area contributed by atoms with Crippen LogP contribution < -0.4 is 0 Å². The minimum Gasteiger partial charge on any atom is -0.496 e. The van der Waals surface area contributed by atoms with Crippen molar-refractivity contribution in [1.82, 2.24) is 0 Å². The van der Waals surface area contributed by atoms with Crippen molar-refractivity contribution in [3.05, 3.63) is 48.2 Å². The lowest BCUT2D eigenvalue weighted by Crippen LogP contribution is -2.33. The molecule has 82 valence electrons. The Bertz CT molecular complexity index is 315. The lowest BCUT2D eigenvalue weighted by atomic mass is 10.0. The summed E-state index contributed by atoms with van der Waals surface area (Å²) in [5.74, 6) is -0.616. The second-order valence-electron chi connectivity index (χ2n) is 3.02. The van der Waals surface area contributed by atoms with Crippen LogP contribution in [0, 0.1) is 0 Å². The predicted molar refractivity (Wildman–Crippen MR) is 58.3 cm³/mol. The molecular weight excluding hydrogens is 192 g/mol. The minimum absolute atomic E-state index is 0.415. The Balaban J connectivity index is 3.17. The summed E-state index contributed by atoms with van der Waals surface area (Å²) in [7, 11) is 4.65. The molecule has 0 aromatic heterocycles. The number of hydrogen-bond acceptors (Lipinski definition) is 3. The maximum Gasteiger partial charge on any atom is 0.254 e. The molecular formula is C12H16O3. The molecule has 0 amide bonds. The third-order valence-electron chi connectivity index (χ3n) is 2.34. The zero-order chi connectivity index (χ0) is 11.3. The molecule has 3 nitrogen and oxygen atoms in total.